The molecule has 0 bridgehead atoms. The van der Waals surface area contributed by atoms with Crippen LogP contribution in [0.5, 0.6) is 11.5 Å². The molecule has 3 aromatic carbocycles. The lowest BCUT2D eigenvalue weighted by atomic mass is 10.0. The molecule has 0 unspecified atom stereocenters. The predicted octanol–water partition coefficient (Wildman–Crippen LogP) is 6.94. The lowest BCUT2D eigenvalue weighted by Gasteiger charge is -2.12. The molecule has 0 radical (unpaired) electrons. The van der Waals surface area contributed by atoms with Gasteiger partial charge in [-0.15, -0.1) is 0 Å². The summed E-state index contributed by atoms with van der Waals surface area (Å²) < 4.78 is 65.3. The van der Waals surface area contributed by atoms with Crippen LogP contribution in [0.3, 0.4) is 0 Å². The highest BCUT2D eigenvalue weighted by Crippen LogP contribution is 2.33. The molecule has 0 saturated carbocycles. The maximum atomic E-state index is 13.4. The second-order valence-corrected chi connectivity index (χ2v) is 7.45. The molecular weight excluding hydrogens is 460 g/mol. The summed E-state index contributed by atoms with van der Waals surface area (Å²) >= 11 is 6.16. The summed E-state index contributed by atoms with van der Waals surface area (Å²) in [6.45, 7) is -0.173. The Balaban J connectivity index is 1.58. The van der Waals surface area contributed by atoms with Crippen LogP contribution in [0.15, 0.2) is 72.8 Å². The molecule has 4 aromatic rings. The Hall–Kier alpha value is -3.52. The maximum absolute atomic E-state index is 13.4. The van der Waals surface area contributed by atoms with Crippen LogP contribution in [0.2, 0.25) is 5.02 Å². The van der Waals surface area contributed by atoms with Gasteiger partial charge in [0.2, 0.25) is 0 Å². The molecule has 33 heavy (non-hydrogen) atoms. The molecular formula is C24H17ClF4N2O2. The zero-order valence-electron chi connectivity index (χ0n) is 17.2. The predicted molar refractivity (Wildman–Crippen MR) is 116 cm³/mol. The molecule has 0 saturated heterocycles. The van der Waals surface area contributed by atoms with Gasteiger partial charge in [0, 0.05) is 11.6 Å². The zero-order chi connectivity index (χ0) is 23.6. The van der Waals surface area contributed by atoms with Gasteiger partial charge in [0.25, 0.3) is 0 Å². The molecule has 4 nitrogen and oxygen atoms in total. The number of nitrogens with zero attached hydrogens (tertiary/aromatic N) is 2. The Labute approximate surface area is 191 Å². The van der Waals surface area contributed by atoms with Gasteiger partial charge in [-0.3, -0.25) is 0 Å². The van der Waals surface area contributed by atoms with Crippen molar-refractivity contribution in [2.24, 2.45) is 0 Å². The normalized spacial score (nSPS) is 11.5. The molecule has 0 fully saturated rings. The van der Waals surface area contributed by atoms with Crippen LogP contribution in [0, 0.1) is 5.82 Å². The van der Waals surface area contributed by atoms with E-state index in [-0.39, 0.29) is 17.3 Å². The first kappa shape index (κ1) is 22.7. The SMILES string of the molecule is COc1cc(F)ccc1-c1ccc(OCc2cc(C(F)(F)F)nn2-c2ccccc2Cl)cc1. The summed E-state index contributed by atoms with van der Waals surface area (Å²) in [6, 6.07) is 18.4. The van der Waals surface area contributed by atoms with Crippen molar-refractivity contribution < 1.29 is 27.0 Å². The number of ether oxygens (including phenoxy) is 2. The van der Waals surface area contributed by atoms with Crippen LogP contribution in [-0.4, -0.2) is 16.9 Å². The van der Waals surface area contributed by atoms with Crippen LogP contribution in [0.1, 0.15) is 11.4 Å². The maximum Gasteiger partial charge on any atom is 0.435 e. The summed E-state index contributed by atoms with van der Waals surface area (Å²) in [6.07, 6.45) is -4.61. The lowest BCUT2D eigenvalue weighted by molar-refractivity contribution is -0.141. The van der Waals surface area contributed by atoms with E-state index in [1.165, 1.54) is 19.2 Å². The average Bonchev–Trinajstić information content (AvgIpc) is 3.23. The molecule has 4 rings (SSSR count). The van der Waals surface area contributed by atoms with Gasteiger partial charge in [-0.1, -0.05) is 35.9 Å². The molecule has 0 atom stereocenters. The average molecular weight is 477 g/mol. The highest BCUT2D eigenvalue weighted by Gasteiger charge is 2.35. The van der Waals surface area contributed by atoms with E-state index in [9.17, 15) is 17.6 Å². The standard InChI is InChI=1S/C24H17ClF4N2O2/c1-32-22-12-16(26)8-11-19(22)15-6-9-18(10-7-15)33-14-17-13-23(24(27,28)29)30-31(17)21-5-3-2-4-20(21)25/h2-13H,14H2,1H3. The molecule has 0 amide bonds. The fourth-order valence-corrected chi connectivity index (χ4v) is 3.50. The van der Waals surface area contributed by atoms with E-state index in [0.717, 1.165) is 16.3 Å². The minimum atomic E-state index is -4.61. The third kappa shape index (κ3) is 4.96. The summed E-state index contributed by atoms with van der Waals surface area (Å²) in [4.78, 5) is 0. The van der Waals surface area contributed by atoms with Crippen LogP contribution in [0.25, 0.3) is 16.8 Å². The van der Waals surface area contributed by atoms with Crippen molar-refractivity contribution >= 4 is 11.6 Å². The van der Waals surface area contributed by atoms with Crippen molar-refractivity contribution in [2.45, 2.75) is 12.8 Å². The fourth-order valence-electron chi connectivity index (χ4n) is 3.28. The fraction of sp³-hybridized carbons (Fsp3) is 0.125. The van der Waals surface area contributed by atoms with Crippen molar-refractivity contribution in [3.63, 3.8) is 0 Å². The molecule has 0 aliphatic heterocycles. The van der Waals surface area contributed by atoms with E-state index in [0.29, 0.717) is 22.7 Å². The Morgan fingerprint density at radius 1 is 0.970 bits per heavy atom. The van der Waals surface area contributed by atoms with Gasteiger partial charge < -0.3 is 9.47 Å². The molecule has 0 aliphatic carbocycles. The molecule has 0 spiro atoms. The van der Waals surface area contributed by atoms with E-state index < -0.39 is 17.7 Å². The third-order valence-electron chi connectivity index (χ3n) is 4.87. The monoisotopic (exact) mass is 476 g/mol. The smallest absolute Gasteiger partial charge is 0.435 e. The first-order valence-corrected chi connectivity index (χ1v) is 10.1. The Bertz CT molecular complexity index is 1270. The van der Waals surface area contributed by atoms with Crippen molar-refractivity contribution in [1.82, 2.24) is 9.78 Å². The number of benzene rings is 3. The van der Waals surface area contributed by atoms with Crippen molar-refractivity contribution in [3.05, 3.63) is 95.0 Å². The number of para-hydroxylation sites is 1. The van der Waals surface area contributed by atoms with E-state index in [1.807, 2.05) is 0 Å². The molecule has 1 heterocycles. The second kappa shape index (κ2) is 9.15. The van der Waals surface area contributed by atoms with Gasteiger partial charge in [-0.2, -0.15) is 18.3 Å². The van der Waals surface area contributed by atoms with Crippen LogP contribution < -0.4 is 9.47 Å². The Morgan fingerprint density at radius 2 is 1.70 bits per heavy atom. The van der Waals surface area contributed by atoms with Crippen molar-refractivity contribution in [3.8, 4) is 28.3 Å². The molecule has 170 valence electrons. The summed E-state index contributed by atoms with van der Waals surface area (Å²) in [5.74, 6) is 0.399. The van der Waals surface area contributed by atoms with E-state index in [2.05, 4.69) is 5.10 Å². The highest BCUT2D eigenvalue weighted by atomic mass is 35.5. The number of hydrogen-bond acceptors (Lipinski definition) is 3. The van der Waals surface area contributed by atoms with Crippen molar-refractivity contribution in [1.29, 1.82) is 0 Å². The third-order valence-corrected chi connectivity index (χ3v) is 5.19. The largest absolute Gasteiger partial charge is 0.496 e. The minimum absolute atomic E-state index is 0.173. The Morgan fingerprint density at radius 3 is 2.36 bits per heavy atom. The van der Waals surface area contributed by atoms with E-state index in [4.69, 9.17) is 21.1 Å². The van der Waals surface area contributed by atoms with E-state index in [1.54, 1.807) is 54.6 Å². The highest BCUT2D eigenvalue weighted by molar-refractivity contribution is 6.32. The van der Waals surface area contributed by atoms with E-state index >= 15 is 0 Å². The first-order chi connectivity index (χ1) is 15.8. The number of hydrogen-bond donors (Lipinski definition) is 0. The van der Waals surface area contributed by atoms with Crippen LogP contribution >= 0.6 is 11.6 Å². The van der Waals surface area contributed by atoms with Crippen LogP contribution in [-0.2, 0) is 12.8 Å². The molecule has 1 aromatic heterocycles. The van der Waals surface area contributed by atoms with Gasteiger partial charge in [-0.05, 0) is 48.0 Å². The summed E-state index contributed by atoms with van der Waals surface area (Å²) in [5, 5.41) is 3.95. The van der Waals surface area contributed by atoms with Gasteiger partial charge >= 0.3 is 6.18 Å². The number of methoxy groups -OCH3 is 1. The lowest BCUT2D eigenvalue weighted by Crippen LogP contribution is -2.08. The summed E-state index contributed by atoms with van der Waals surface area (Å²) in [5.41, 5.74) is 0.906. The number of halogens is 5. The number of aromatic nitrogens is 2. The van der Waals surface area contributed by atoms with Gasteiger partial charge in [0.15, 0.2) is 5.69 Å². The molecule has 0 aliphatic rings. The second-order valence-electron chi connectivity index (χ2n) is 7.04. The molecule has 0 N–H and O–H groups in total. The number of alkyl halides is 3. The Kier molecular flexibility index (Phi) is 6.29. The minimum Gasteiger partial charge on any atom is -0.496 e. The first-order valence-electron chi connectivity index (χ1n) is 9.74. The number of rotatable bonds is 6. The zero-order valence-corrected chi connectivity index (χ0v) is 18.0. The quantitative estimate of drug-likeness (QED) is 0.283. The topological polar surface area (TPSA) is 36.3 Å². The van der Waals surface area contributed by atoms with Gasteiger partial charge in [0.1, 0.15) is 23.9 Å². The van der Waals surface area contributed by atoms with Gasteiger partial charge in [-0.25, -0.2) is 9.07 Å². The van der Waals surface area contributed by atoms with Crippen LogP contribution in [0.4, 0.5) is 17.6 Å². The molecule has 9 heteroatoms. The summed E-state index contributed by atoms with van der Waals surface area (Å²) in [7, 11) is 1.45. The van der Waals surface area contributed by atoms with Gasteiger partial charge in [0.05, 0.1) is 23.5 Å². The van der Waals surface area contributed by atoms with Crippen molar-refractivity contribution in [2.75, 3.05) is 7.11 Å².